The molecule has 0 aliphatic rings. The highest BCUT2D eigenvalue weighted by atomic mass is 35.5. The van der Waals surface area contributed by atoms with Gasteiger partial charge in [-0.1, -0.05) is 29.3 Å². The average molecular weight is 341 g/mol. The Kier molecular flexibility index (Phi) is 4.83. The van der Waals surface area contributed by atoms with Crippen LogP contribution in [0.25, 0.3) is 5.69 Å². The topological polar surface area (TPSA) is 44.1 Å². The van der Waals surface area contributed by atoms with Gasteiger partial charge < -0.3 is 4.74 Å². The first kappa shape index (κ1) is 16.8. The van der Waals surface area contributed by atoms with E-state index in [2.05, 4.69) is 5.10 Å². The zero-order valence-electron chi connectivity index (χ0n) is 12.9. The quantitative estimate of drug-likeness (QED) is 0.765. The van der Waals surface area contributed by atoms with Crippen molar-refractivity contribution in [3.63, 3.8) is 0 Å². The smallest absolute Gasteiger partial charge is 0.313 e. The summed E-state index contributed by atoms with van der Waals surface area (Å²) in [5, 5.41) is 5.14. The Labute approximate surface area is 140 Å². The molecule has 0 bridgehead atoms. The Hall–Kier alpha value is -1.52. The summed E-state index contributed by atoms with van der Waals surface area (Å²) >= 11 is 12.2. The van der Waals surface area contributed by atoms with Crippen LogP contribution in [0.5, 0.6) is 0 Å². The predicted molar refractivity (Wildman–Crippen MR) is 87.8 cm³/mol. The van der Waals surface area contributed by atoms with Crippen LogP contribution in [0.15, 0.2) is 30.6 Å². The molecule has 118 valence electrons. The second kappa shape index (κ2) is 6.31. The molecule has 0 radical (unpaired) electrons. The third-order valence-electron chi connectivity index (χ3n) is 3.03. The summed E-state index contributed by atoms with van der Waals surface area (Å²) in [5.74, 6) is -0.676. The van der Waals surface area contributed by atoms with Gasteiger partial charge in [0.2, 0.25) is 0 Å². The van der Waals surface area contributed by atoms with Crippen LogP contribution in [0.4, 0.5) is 0 Å². The Morgan fingerprint density at radius 1 is 1.32 bits per heavy atom. The second-order valence-corrected chi connectivity index (χ2v) is 6.91. The molecule has 0 saturated heterocycles. The first-order chi connectivity index (χ1) is 10.2. The molecule has 1 unspecified atom stereocenters. The van der Waals surface area contributed by atoms with Crippen LogP contribution in [-0.2, 0) is 9.53 Å². The number of carbonyl (C=O) groups is 1. The number of nitrogens with zero attached hydrogens (tertiary/aromatic N) is 2. The zero-order valence-corrected chi connectivity index (χ0v) is 14.4. The van der Waals surface area contributed by atoms with Crippen LogP contribution in [-0.4, -0.2) is 21.4 Å². The summed E-state index contributed by atoms with van der Waals surface area (Å²) in [6, 6.07) is 5.40. The standard InChI is InChI=1S/C16H18Cl2N2O2/c1-10(15(21)22-16(2,3)4)11-5-6-14(13(18)7-11)20-9-12(17)8-19-20/h5-10H,1-4H3. The van der Waals surface area contributed by atoms with Crippen molar-refractivity contribution in [2.75, 3.05) is 0 Å². The highest BCUT2D eigenvalue weighted by Crippen LogP contribution is 2.27. The van der Waals surface area contributed by atoms with E-state index in [1.807, 2.05) is 32.9 Å². The van der Waals surface area contributed by atoms with Crippen molar-refractivity contribution in [1.29, 1.82) is 0 Å². The van der Waals surface area contributed by atoms with Gasteiger partial charge in [-0.3, -0.25) is 4.79 Å². The molecule has 0 aliphatic carbocycles. The number of carbonyl (C=O) groups excluding carboxylic acids is 1. The summed E-state index contributed by atoms with van der Waals surface area (Å²) < 4.78 is 6.98. The molecule has 6 heteroatoms. The van der Waals surface area contributed by atoms with Gasteiger partial charge in [-0.05, 0) is 45.4 Å². The van der Waals surface area contributed by atoms with E-state index in [1.54, 1.807) is 23.9 Å². The number of esters is 1. The SMILES string of the molecule is CC(C(=O)OC(C)(C)C)c1ccc(-n2cc(Cl)cn2)c(Cl)c1. The first-order valence-corrected chi connectivity index (χ1v) is 7.66. The molecule has 0 spiro atoms. The lowest BCUT2D eigenvalue weighted by Crippen LogP contribution is -2.26. The molecule has 2 aromatic rings. The van der Waals surface area contributed by atoms with Gasteiger partial charge in [0, 0.05) is 6.20 Å². The van der Waals surface area contributed by atoms with E-state index in [9.17, 15) is 4.79 Å². The van der Waals surface area contributed by atoms with Gasteiger partial charge in [0.1, 0.15) is 5.60 Å². The Balaban J connectivity index is 2.24. The van der Waals surface area contributed by atoms with E-state index in [4.69, 9.17) is 27.9 Å². The van der Waals surface area contributed by atoms with E-state index in [-0.39, 0.29) is 5.97 Å². The minimum absolute atomic E-state index is 0.279. The van der Waals surface area contributed by atoms with E-state index in [0.29, 0.717) is 15.7 Å². The average Bonchev–Trinajstić information content (AvgIpc) is 2.82. The summed E-state index contributed by atoms with van der Waals surface area (Å²) in [6.07, 6.45) is 3.20. The number of benzene rings is 1. The van der Waals surface area contributed by atoms with Crippen molar-refractivity contribution >= 4 is 29.2 Å². The molecule has 1 heterocycles. The number of hydrogen-bond donors (Lipinski definition) is 0. The van der Waals surface area contributed by atoms with Crippen LogP contribution in [0.1, 0.15) is 39.2 Å². The lowest BCUT2D eigenvalue weighted by Gasteiger charge is -2.22. The molecule has 0 saturated carbocycles. The molecular weight excluding hydrogens is 323 g/mol. The van der Waals surface area contributed by atoms with Crippen molar-refractivity contribution < 1.29 is 9.53 Å². The number of hydrogen-bond acceptors (Lipinski definition) is 3. The monoisotopic (exact) mass is 340 g/mol. The summed E-state index contributed by atoms with van der Waals surface area (Å²) in [4.78, 5) is 12.1. The fourth-order valence-corrected chi connectivity index (χ4v) is 2.35. The van der Waals surface area contributed by atoms with Crippen LogP contribution in [0, 0.1) is 0 Å². The van der Waals surface area contributed by atoms with Crippen LogP contribution >= 0.6 is 23.2 Å². The van der Waals surface area contributed by atoms with Crippen LogP contribution < -0.4 is 0 Å². The maximum atomic E-state index is 12.1. The van der Waals surface area contributed by atoms with Gasteiger partial charge in [0.15, 0.2) is 0 Å². The van der Waals surface area contributed by atoms with Crippen molar-refractivity contribution in [3.8, 4) is 5.69 Å². The third-order valence-corrected chi connectivity index (χ3v) is 3.53. The Morgan fingerprint density at radius 3 is 2.50 bits per heavy atom. The molecule has 0 amide bonds. The minimum Gasteiger partial charge on any atom is -0.460 e. The molecule has 2 rings (SSSR count). The normalized spacial score (nSPS) is 13.0. The predicted octanol–water partition coefficient (Wildman–Crippen LogP) is 4.62. The molecule has 0 aliphatic heterocycles. The highest BCUT2D eigenvalue weighted by molar-refractivity contribution is 6.32. The lowest BCUT2D eigenvalue weighted by atomic mass is 10.0. The highest BCUT2D eigenvalue weighted by Gasteiger charge is 2.23. The molecule has 1 atom stereocenters. The third kappa shape index (κ3) is 4.02. The fraction of sp³-hybridized carbons (Fsp3) is 0.375. The maximum absolute atomic E-state index is 12.1. The largest absolute Gasteiger partial charge is 0.460 e. The van der Waals surface area contributed by atoms with Crippen molar-refractivity contribution in [3.05, 3.63) is 46.2 Å². The van der Waals surface area contributed by atoms with Crippen molar-refractivity contribution in [2.45, 2.75) is 39.2 Å². The van der Waals surface area contributed by atoms with Gasteiger partial charge in [-0.25, -0.2) is 4.68 Å². The summed E-state index contributed by atoms with van der Waals surface area (Å²) in [5.41, 5.74) is 0.982. The molecule has 0 N–H and O–H groups in total. The lowest BCUT2D eigenvalue weighted by molar-refractivity contribution is -0.156. The number of aromatic nitrogens is 2. The maximum Gasteiger partial charge on any atom is 0.313 e. The molecule has 1 aromatic carbocycles. The van der Waals surface area contributed by atoms with E-state index >= 15 is 0 Å². The Morgan fingerprint density at radius 2 is 2.00 bits per heavy atom. The Bertz CT molecular complexity index is 690. The minimum atomic E-state index is -0.513. The van der Waals surface area contributed by atoms with Crippen molar-refractivity contribution in [1.82, 2.24) is 9.78 Å². The van der Waals surface area contributed by atoms with Crippen LogP contribution in [0.3, 0.4) is 0 Å². The number of rotatable bonds is 3. The molecule has 22 heavy (non-hydrogen) atoms. The van der Waals surface area contributed by atoms with Crippen molar-refractivity contribution in [2.24, 2.45) is 0 Å². The van der Waals surface area contributed by atoms with E-state index in [1.165, 1.54) is 6.20 Å². The summed E-state index contributed by atoms with van der Waals surface area (Å²) in [7, 11) is 0. The number of halogens is 2. The molecular formula is C16H18Cl2N2O2. The molecule has 0 fully saturated rings. The molecule has 1 aromatic heterocycles. The van der Waals surface area contributed by atoms with E-state index in [0.717, 1.165) is 5.56 Å². The fourth-order valence-electron chi connectivity index (χ4n) is 1.94. The van der Waals surface area contributed by atoms with Gasteiger partial charge in [0.25, 0.3) is 0 Å². The summed E-state index contributed by atoms with van der Waals surface area (Å²) in [6.45, 7) is 7.32. The molecule has 4 nitrogen and oxygen atoms in total. The van der Waals surface area contributed by atoms with Gasteiger partial charge in [-0.2, -0.15) is 5.10 Å². The van der Waals surface area contributed by atoms with Gasteiger partial charge >= 0.3 is 5.97 Å². The van der Waals surface area contributed by atoms with E-state index < -0.39 is 11.5 Å². The zero-order chi connectivity index (χ0) is 16.5. The first-order valence-electron chi connectivity index (χ1n) is 6.90. The van der Waals surface area contributed by atoms with Gasteiger partial charge in [-0.15, -0.1) is 0 Å². The second-order valence-electron chi connectivity index (χ2n) is 6.07. The van der Waals surface area contributed by atoms with Gasteiger partial charge in [0.05, 0.1) is 27.8 Å². The number of ether oxygens (including phenoxy) is 1. The van der Waals surface area contributed by atoms with Crippen LogP contribution in [0.2, 0.25) is 10.0 Å².